The highest BCUT2D eigenvalue weighted by atomic mass is 33.1. The molecular formula is C36H51N8O13PS2. The van der Waals surface area contributed by atoms with Crippen molar-refractivity contribution in [2.75, 3.05) is 18.1 Å². The quantitative estimate of drug-likeness (QED) is 0.0747. The van der Waals surface area contributed by atoms with E-state index in [-0.39, 0.29) is 36.6 Å². The number of ketones is 1. The summed E-state index contributed by atoms with van der Waals surface area (Å²) in [6.07, 6.45) is -0.455. The number of carbonyl (C=O) groups excluding carboxylic acids is 9. The molecule has 4 rings (SSSR count). The Kier molecular flexibility index (Phi) is 16.2. The van der Waals surface area contributed by atoms with Crippen molar-refractivity contribution in [1.82, 2.24) is 36.8 Å². The van der Waals surface area contributed by atoms with E-state index in [0.29, 0.717) is 12.0 Å². The van der Waals surface area contributed by atoms with E-state index in [1.54, 1.807) is 27.7 Å². The number of phosphoric ester groups is 1. The zero-order chi connectivity index (χ0) is 44.7. The number of hydrogen-bond acceptors (Lipinski definition) is 13. The van der Waals surface area contributed by atoms with Gasteiger partial charge in [0.25, 0.3) is 5.91 Å². The number of nitrogens with one attached hydrogen (secondary N) is 6. The number of fused-ring (bicyclic) bond motifs is 4. The smallest absolute Gasteiger partial charge is 0.404 e. The standard InChI is InChI=1S/C36H51N8O13PS2/c1-17(2)27-33(51)39-23(14-26(37)46)30(48)42-28(18(3)4)34(52)44-12-6-7-25(44)32(50)43-36(19(5)45)16-60-59-15-24(40-35(36)53)31(49)38-22(29(47)41-27)13-20-8-10-21(11-9-20)57-58(54,55)56/h8-11,17-18,22-25,27-28H,6-7,12-16H2,1-5H3,(H2,37,46)(H,38,49)(H,39,51)(H,40,53)(H,41,47)(H,42,48)(H,43,50)(H2,54,55,56)/t22-,23-,24-,25-,27-,28-,36-/m0/s1. The second-order valence-corrected chi connectivity index (χ2v) is 19.1. The van der Waals surface area contributed by atoms with E-state index < -0.39 is 121 Å². The Hall–Kier alpha value is -4.70. The van der Waals surface area contributed by atoms with Crippen molar-refractivity contribution in [1.29, 1.82) is 0 Å². The highest BCUT2D eigenvalue weighted by molar-refractivity contribution is 8.76. The molecule has 10 N–H and O–H groups in total. The minimum atomic E-state index is -4.90. The third-order valence-corrected chi connectivity index (χ3v) is 13.0. The number of nitrogens with zero attached hydrogens (tertiary/aromatic N) is 1. The summed E-state index contributed by atoms with van der Waals surface area (Å²) in [5.41, 5.74) is 3.62. The van der Waals surface area contributed by atoms with Crippen molar-refractivity contribution in [2.24, 2.45) is 17.6 Å². The van der Waals surface area contributed by atoms with Gasteiger partial charge in [0.05, 0.1) is 6.42 Å². The summed E-state index contributed by atoms with van der Waals surface area (Å²) in [5.74, 6) is -9.65. The maximum absolute atomic E-state index is 14.1. The van der Waals surface area contributed by atoms with Crippen LogP contribution in [0.25, 0.3) is 0 Å². The summed E-state index contributed by atoms with van der Waals surface area (Å²) in [6, 6.07) is -3.12. The average Bonchev–Trinajstić information content (AvgIpc) is 3.64. The highest BCUT2D eigenvalue weighted by Gasteiger charge is 2.50. The van der Waals surface area contributed by atoms with Gasteiger partial charge in [-0.2, -0.15) is 0 Å². The molecule has 1 aromatic rings. The van der Waals surface area contributed by atoms with E-state index in [1.807, 2.05) is 0 Å². The Balaban J connectivity index is 1.80. The van der Waals surface area contributed by atoms with Crippen molar-refractivity contribution in [3.8, 4) is 5.75 Å². The number of primary amides is 1. The van der Waals surface area contributed by atoms with Crippen LogP contribution in [0.15, 0.2) is 24.3 Å². The van der Waals surface area contributed by atoms with Crippen LogP contribution in [0.5, 0.6) is 5.75 Å². The number of rotatable bonds is 9. The lowest BCUT2D eigenvalue weighted by Crippen LogP contribution is -2.69. The molecule has 3 aliphatic rings. The molecule has 3 saturated heterocycles. The minimum Gasteiger partial charge on any atom is -0.404 e. The predicted molar refractivity (Wildman–Crippen MR) is 217 cm³/mol. The summed E-state index contributed by atoms with van der Waals surface area (Å²) >= 11 is 0. The summed E-state index contributed by atoms with van der Waals surface area (Å²) in [5, 5.41) is 15.3. The largest absolute Gasteiger partial charge is 0.524 e. The zero-order valence-electron chi connectivity index (χ0n) is 33.6. The number of phosphoric acid groups is 1. The van der Waals surface area contributed by atoms with Gasteiger partial charge in [-0.3, -0.25) is 52.9 Å². The molecule has 24 heteroatoms. The molecule has 0 unspecified atom stereocenters. The maximum Gasteiger partial charge on any atom is 0.524 e. The van der Waals surface area contributed by atoms with Crippen LogP contribution in [-0.4, -0.2) is 128 Å². The number of carbonyl (C=O) groups is 9. The third-order valence-electron chi connectivity index (χ3n) is 10.1. The van der Waals surface area contributed by atoms with Crippen LogP contribution in [0.1, 0.15) is 59.4 Å². The molecule has 1 aromatic carbocycles. The van der Waals surface area contributed by atoms with Crippen molar-refractivity contribution >= 4 is 82.5 Å². The van der Waals surface area contributed by atoms with Crippen molar-refractivity contribution in [2.45, 2.75) is 102 Å². The van der Waals surface area contributed by atoms with E-state index in [2.05, 4.69) is 36.4 Å². The van der Waals surface area contributed by atoms with Gasteiger partial charge in [0.15, 0.2) is 11.3 Å². The fourth-order valence-electron chi connectivity index (χ4n) is 6.76. The molecule has 0 aliphatic carbocycles. The van der Waals surface area contributed by atoms with Gasteiger partial charge in [0.1, 0.15) is 42.0 Å². The number of nitrogens with two attached hydrogens (primary N) is 1. The maximum atomic E-state index is 14.1. The summed E-state index contributed by atoms with van der Waals surface area (Å²) in [4.78, 5) is 143. The Morgan fingerprint density at radius 2 is 1.45 bits per heavy atom. The molecule has 330 valence electrons. The molecule has 0 radical (unpaired) electrons. The lowest BCUT2D eigenvalue weighted by Gasteiger charge is -2.36. The Bertz CT molecular complexity index is 1920. The van der Waals surface area contributed by atoms with Gasteiger partial charge in [0.2, 0.25) is 41.4 Å². The molecule has 60 heavy (non-hydrogen) atoms. The molecule has 3 fully saturated rings. The van der Waals surface area contributed by atoms with Gasteiger partial charge in [0, 0.05) is 24.5 Å². The van der Waals surface area contributed by atoms with Crippen LogP contribution in [0.4, 0.5) is 0 Å². The third kappa shape index (κ3) is 12.2. The average molecular weight is 899 g/mol. The van der Waals surface area contributed by atoms with Crippen molar-refractivity contribution in [3.05, 3.63) is 29.8 Å². The number of amides is 8. The lowest BCUT2D eigenvalue weighted by molar-refractivity contribution is -0.146. The van der Waals surface area contributed by atoms with Gasteiger partial charge in [-0.1, -0.05) is 61.4 Å². The SMILES string of the molecule is CC(=O)[C@@]12CSSC[C@H](NC1=O)C(=O)N[C@@H](Cc1ccc(OP(=O)(O)O)cc1)C(=O)N[C@@H](C(C)C)C(=O)N[C@@H](CC(N)=O)C(=O)N[C@@H](C(C)C)C(=O)N1CCC[C@H]1C(=O)N2. The Morgan fingerprint density at radius 1 is 0.850 bits per heavy atom. The number of Topliss-reactive ketones (excluding diaryl/α,β-unsaturated/α-hetero) is 1. The molecule has 21 nitrogen and oxygen atoms in total. The van der Waals surface area contributed by atoms with E-state index in [1.165, 1.54) is 29.2 Å². The second kappa shape index (κ2) is 20.2. The van der Waals surface area contributed by atoms with E-state index in [9.17, 15) is 57.5 Å². The van der Waals surface area contributed by atoms with E-state index in [4.69, 9.17) is 5.73 Å². The second-order valence-electron chi connectivity index (χ2n) is 15.4. The molecule has 2 bridgehead atoms. The first kappa shape index (κ1) is 48.0. The molecule has 7 atom stereocenters. The first-order valence-electron chi connectivity index (χ1n) is 19.1. The van der Waals surface area contributed by atoms with Gasteiger partial charge < -0.3 is 47.1 Å². The molecule has 8 amide bonds. The Labute approximate surface area is 353 Å². The van der Waals surface area contributed by atoms with Crippen LogP contribution in [0.2, 0.25) is 0 Å². The first-order chi connectivity index (χ1) is 28.0. The first-order valence-corrected chi connectivity index (χ1v) is 23.1. The highest BCUT2D eigenvalue weighted by Crippen LogP contribution is 2.37. The fourth-order valence-corrected chi connectivity index (χ4v) is 9.77. The van der Waals surface area contributed by atoms with Crippen molar-refractivity contribution in [3.63, 3.8) is 0 Å². The Morgan fingerprint density at radius 3 is 2.03 bits per heavy atom. The molecule has 3 aliphatic heterocycles. The topological polar surface area (TPSA) is 322 Å². The van der Waals surface area contributed by atoms with Crippen LogP contribution in [0, 0.1) is 11.8 Å². The lowest BCUT2D eigenvalue weighted by atomic mass is 9.94. The summed E-state index contributed by atoms with van der Waals surface area (Å²) < 4.78 is 15.9. The van der Waals surface area contributed by atoms with Crippen LogP contribution < -0.4 is 42.2 Å². The molecular weight excluding hydrogens is 848 g/mol. The normalized spacial score (nSPS) is 27.9. The van der Waals surface area contributed by atoms with E-state index >= 15 is 0 Å². The van der Waals surface area contributed by atoms with Gasteiger partial charge in [-0.15, -0.1) is 0 Å². The van der Waals surface area contributed by atoms with Crippen LogP contribution in [-0.2, 0) is 54.1 Å². The van der Waals surface area contributed by atoms with Crippen molar-refractivity contribution < 1.29 is 62.0 Å². The van der Waals surface area contributed by atoms with Gasteiger partial charge >= 0.3 is 7.82 Å². The predicted octanol–water partition coefficient (Wildman–Crippen LogP) is -1.84. The fraction of sp³-hybridized carbons (Fsp3) is 0.583. The molecule has 3 heterocycles. The number of hydrogen-bond donors (Lipinski definition) is 9. The minimum absolute atomic E-state index is 0.0479. The van der Waals surface area contributed by atoms with E-state index in [0.717, 1.165) is 28.5 Å². The summed E-state index contributed by atoms with van der Waals surface area (Å²) in [6.45, 7) is 7.62. The molecule has 0 spiro atoms. The monoisotopic (exact) mass is 898 g/mol. The molecule has 0 saturated carbocycles. The summed E-state index contributed by atoms with van der Waals surface area (Å²) in [7, 11) is -2.75. The molecule has 0 aromatic heterocycles. The van der Waals surface area contributed by atoms with Gasteiger partial charge in [-0.25, -0.2) is 4.57 Å². The van der Waals surface area contributed by atoms with Crippen LogP contribution in [0.3, 0.4) is 0 Å². The zero-order valence-corrected chi connectivity index (χ0v) is 36.1. The van der Waals surface area contributed by atoms with Gasteiger partial charge in [-0.05, 0) is 49.3 Å². The number of benzene rings is 1. The van der Waals surface area contributed by atoms with Crippen LogP contribution >= 0.6 is 29.4 Å².